The summed E-state index contributed by atoms with van der Waals surface area (Å²) in [6.45, 7) is 3.28. The highest BCUT2D eigenvalue weighted by molar-refractivity contribution is 6.31. The number of carbonyl (C=O) groups is 2. The van der Waals surface area contributed by atoms with Gasteiger partial charge in [0.2, 0.25) is 5.91 Å². The van der Waals surface area contributed by atoms with Crippen LogP contribution in [-0.4, -0.2) is 30.6 Å². The summed E-state index contributed by atoms with van der Waals surface area (Å²) in [5.74, 6) is 0.488. The van der Waals surface area contributed by atoms with Crippen molar-refractivity contribution >= 4 is 40.0 Å². The molecule has 1 aromatic heterocycles. The van der Waals surface area contributed by atoms with E-state index in [0.29, 0.717) is 38.7 Å². The van der Waals surface area contributed by atoms with E-state index in [1.165, 1.54) is 24.8 Å². The first kappa shape index (κ1) is 18.8. The molecule has 1 N–H and O–H groups in total. The Balaban J connectivity index is 2.08. The van der Waals surface area contributed by atoms with E-state index in [-0.39, 0.29) is 11.8 Å². The van der Waals surface area contributed by atoms with E-state index in [4.69, 9.17) is 21.1 Å². The maximum Gasteiger partial charge on any atom is 0.257 e. The zero-order valence-electron chi connectivity index (χ0n) is 15.4. The molecule has 2 aromatic carbocycles. The number of amides is 1. The molecule has 0 saturated heterocycles. The average molecular weight is 387 g/mol. The van der Waals surface area contributed by atoms with Crippen LogP contribution >= 0.6 is 11.6 Å². The fourth-order valence-electron chi connectivity index (χ4n) is 2.90. The number of nitrogens with zero attached hydrogens (tertiary/aromatic N) is 1. The van der Waals surface area contributed by atoms with Crippen molar-refractivity contribution < 1.29 is 19.1 Å². The number of anilines is 1. The van der Waals surface area contributed by atoms with Gasteiger partial charge in [-0.2, -0.15) is 0 Å². The average Bonchev–Trinajstić information content (AvgIpc) is 3.03. The van der Waals surface area contributed by atoms with Crippen molar-refractivity contribution in [3.8, 4) is 11.5 Å². The minimum Gasteiger partial charge on any atom is -0.497 e. The number of aryl methyl sites for hydroxylation is 1. The van der Waals surface area contributed by atoms with Gasteiger partial charge >= 0.3 is 0 Å². The third kappa shape index (κ3) is 3.48. The number of benzene rings is 2. The van der Waals surface area contributed by atoms with E-state index in [0.717, 1.165) is 5.56 Å². The van der Waals surface area contributed by atoms with Gasteiger partial charge in [-0.1, -0.05) is 11.6 Å². The van der Waals surface area contributed by atoms with Gasteiger partial charge in [-0.25, -0.2) is 0 Å². The van der Waals surface area contributed by atoms with Crippen LogP contribution in [0, 0.1) is 6.92 Å². The quantitative estimate of drug-likeness (QED) is 0.715. The van der Waals surface area contributed by atoms with E-state index >= 15 is 0 Å². The van der Waals surface area contributed by atoms with Crippen LogP contribution in [0.1, 0.15) is 27.6 Å². The number of halogens is 1. The maximum absolute atomic E-state index is 13.0. The number of rotatable bonds is 4. The van der Waals surface area contributed by atoms with E-state index in [9.17, 15) is 9.59 Å². The van der Waals surface area contributed by atoms with Crippen LogP contribution in [0.2, 0.25) is 5.02 Å². The third-order valence-electron chi connectivity index (χ3n) is 4.32. The molecule has 1 amide bonds. The van der Waals surface area contributed by atoms with E-state index < -0.39 is 0 Å². The molecule has 3 aromatic rings. The SMILES string of the molecule is COc1ccc2c(c1)c(C(=O)Nc1cc(C)c(Cl)cc1OC)cn2C(C)=O. The van der Waals surface area contributed by atoms with Gasteiger partial charge in [0, 0.05) is 29.6 Å². The second-order valence-corrected chi connectivity index (χ2v) is 6.48. The number of ether oxygens (including phenoxy) is 2. The molecule has 3 rings (SSSR count). The Morgan fingerprint density at radius 1 is 1.11 bits per heavy atom. The third-order valence-corrected chi connectivity index (χ3v) is 4.73. The molecule has 0 aliphatic carbocycles. The van der Waals surface area contributed by atoms with Crippen LogP contribution in [0.15, 0.2) is 36.5 Å². The summed E-state index contributed by atoms with van der Waals surface area (Å²) in [6.07, 6.45) is 1.52. The predicted octanol–water partition coefficient (Wildman–Crippen LogP) is 4.53. The number of methoxy groups -OCH3 is 2. The lowest BCUT2D eigenvalue weighted by Crippen LogP contribution is -2.13. The molecule has 0 atom stereocenters. The molecule has 0 unspecified atom stereocenters. The van der Waals surface area contributed by atoms with Crippen molar-refractivity contribution in [1.29, 1.82) is 0 Å². The first-order chi connectivity index (χ1) is 12.8. The zero-order valence-corrected chi connectivity index (χ0v) is 16.2. The Morgan fingerprint density at radius 3 is 2.48 bits per heavy atom. The number of aromatic nitrogens is 1. The summed E-state index contributed by atoms with van der Waals surface area (Å²) in [7, 11) is 3.05. The number of fused-ring (bicyclic) bond motifs is 1. The maximum atomic E-state index is 13.0. The highest BCUT2D eigenvalue weighted by Crippen LogP contribution is 2.32. The largest absolute Gasteiger partial charge is 0.497 e. The summed E-state index contributed by atoms with van der Waals surface area (Å²) >= 11 is 6.12. The summed E-state index contributed by atoms with van der Waals surface area (Å²) in [5.41, 5.74) is 2.29. The highest BCUT2D eigenvalue weighted by Gasteiger charge is 2.19. The lowest BCUT2D eigenvalue weighted by molar-refractivity contribution is 0.0941. The van der Waals surface area contributed by atoms with Crippen molar-refractivity contribution in [2.45, 2.75) is 13.8 Å². The van der Waals surface area contributed by atoms with Gasteiger partial charge in [-0.05, 0) is 36.8 Å². The Kier molecular flexibility index (Phi) is 5.10. The topological polar surface area (TPSA) is 69.6 Å². The standard InChI is InChI=1S/C20H19ClN2O4/c1-11-7-17(19(27-4)9-16(11)21)22-20(25)15-10-23(12(2)24)18-6-5-13(26-3)8-14(15)18/h5-10H,1-4H3,(H,22,25). The number of hydrogen-bond donors (Lipinski definition) is 1. The van der Waals surface area contributed by atoms with Gasteiger partial charge in [0.1, 0.15) is 11.5 Å². The Hall–Kier alpha value is -2.99. The number of nitrogens with one attached hydrogen (secondary N) is 1. The molecule has 1 heterocycles. The van der Waals surface area contributed by atoms with Crippen LogP contribution < -0.4 is 14.8 Å². The monoisotopic (exact) mass is 386 g/mol. The molecule has 27 heavy (non-hydrogen) atoms. The van der Waals surface area contributed by atoms with Crippen LogP contribution in [0.25, 0.3) is 10.9 Å². The van der Waals surface area contributed by atoms with Crippen molar-refractivity contribution in [3.05, 3.63) is 52.7 Å². The summed E-state index contributed by atoms with van der Waals surface area (Å²) in [4.78, 5) is 24.9. The zero-order chi connectivity index (χ0) is 19.7. The summed E-state index contributed by atoms with van der Waals surface area (Å²) in [5, 5.41) is 4.00. The van der Waals surface area contributed by atoms with Crippen molar-refractivity contribution in [3.63, 3.8) is 0 Å². The number of carbonyl (C=O) groups excluding carboxylic acids is 2. The molecule has 0 bridgehead atoms. The molecule has 0 spiro atoms. The van der Waals surface area contributed by atoms with Crippen LogP contribution in [0.3, 0.4) is 0 Å². The summed E-state index contributed by atoms with van der Waals surface area (Å²) in [6, 6.07) is 8.61. The van der Waals surface area contributed by atoms with Crippen molar-refractivity contribution in [1.82, 2.24) is 4.57 Å². The number of hydrogen-bond acceptors (Lipinski definition) is 4. The molecule has 0 fully saturated rings. The fraction of sp³-hybridized carbons (Fsp3) is 0.200. The Morgan fingerprint density at radius 2 is 1.85 bits per heavy atom. The Bertz CT molecular complexity index is 1060. The molecular weight excluding hydrogens is 368 g/mol. The smallest absolute Gasteiger partial charge is 0.257 e. The second kappa shape index (κ2) is 7.32. The van der Waals surface area contributed by atoms with Gasteiger partial charge in [0.15, 0.2) is 0 Å². The van der Waals surface area contributed by atoms with Crippen LogP contribution in [0.4, 0.5) is 5.69 Å². The molecule has 0 saturated carbocycles. The van der Waals surface area contributed by atoms with Gasteiger partial charge < -0.3 is 14.8 Å². The van der Waals surface area contributed by atoms with Gasteiger partial charge in [0.05, 0.1) is 31.0 Å². The molecule has 7 heteroatoms. The van der Waals surface area contributed by atoms with Crippen LogP contribution in [0.5, 0.6) is 11.5 Å². The van der Waals surface area contributed by atoms with Crippen molar-refractivity contribution in [2.75, 3.05) is 19.5 Å². The first-order valence-electron chi connectivity index (χ1n) is 8.21. The molecule has 0 aliphatic rings. The second-order valence-electron chi connectivity index (χ2n) is 6.07. The predicted molar refractivity (Wildman–Crippen MR) is 105 cm³/mol. The molecule has 0 aliphatic heterocycles. The van der Waals surface area contributed by atoms with E-state index in [1.807, 2.05) is 6.92 Å². The van der Waals surface area contributed by atoms with Crippen molar-refractivity contribution in [2.24, 2.45) is 0 Å². The van der Waals surface area contributed by atoms with E-state index in [2.05, 4.69) is 5.32 Å². The molecule has 0 radical (unpaired) electrons. The first-order valence-corrected chi connectivity index (χ1v) is 8.59. The lowest BCUT2D eigenvalue weighted by Gasteiger charge is -2.12. The van der Waals surface area contributed by atoms with Gasteiger partial charge in [0.25, 0.3) is 5.91 Å². The molecule has 140 valence electrons. The minimum absolute atomic E-state index is 0.191. The lowest BCUT2D eigenvalue weighted by atomic mass is 10.1. The van der Waals surface area contributed by atoms with Crippen LogP contribution in [-0.2, 0) is 0 Å². The van der Waals surface area contributed by atoms with E-state index in [1.54, 1.807) is 37.4 Å². The highest BCUT2D eigenvalue weighted by atomic mass is 35.5. The fourth-order valence-corrected chi connectivity index (χ4v) is 3.05. The molecule has 6 nitrogen and oxygen atoms in total. The van der Waals surface area contributed by atoms with Gasteiger partial charge in [-0.15, -0.1) is 0 Å². The minimum atomic E-state index is -0.367. The molecular formula is C20H19ClN2O4. The normalized spacial score (nSPS) is 10.7. The summed E-state index contributed by atoms with van der Waals surface area (Å²) < 4.78 is 12.0. The Labute approximate surface area is 161 Å². The van der Waals surface area contributed by atoms with Gasteiger partial charge in [-0.3, -0.25) is 14.2 Å².